The molecule has 0 saturated carbocycles. The highest BCUT2D eigenvalue weighted by molar-refractivity contribution is 9.10. The number of hydrogen-bond acceptors (Lipinski definition) is 2. The van der Waals surface area contributed by atoms with Crippen molar-refractivity contribution in [1.82, 2.24) is 0 Å². The molecule has 6 heteroatoms. The summed E-state index contributed by atoms with van der Waals surface area (Å²) in [5, 5.41) is 12.1. The van der Waals surface area contributed by atoms with E-state index in [4.69, 9.17) is 16.7 Å². The largest absolute Gasteiger partial charge is 0.478 e. The van der Waals surface area contributed by atoms with Gasteiger partial charge in [-0.25, -0.2) is 4.79 Å². The maximum atomic E-state index is 12.2. The summed E-state index contributed by atoms with van der Waals surface area (Å²) in [6, 6.07) is 11.7. The third-order valence-corrected chi connectivity index (χ3v) is 3.84. The Bertz CT molecular complexity index is 785. The van der Waals surface area contributed by atoms with Crippen LogP contribution in [0.25, 0.3) is 6.08 Å². The molecule has 1 amide bonds. The Labute approximate surface area is 146 Å². The third-order valence-electron chi connectivity index (χ3n) is 3.07. The van der Waals surface area contributed by atoms with Crippen molar-refractivity contribution in [2.75, 3.05) is 5.32 Å². The van der Waals surface area contributed by atoms with Crippen molar-refractivity contribution in [2.45, 2.75) is 6.92 Å². The molecule has 0 atom stereocenters. The number of aromatic carboxylic acids is 1. The van der Waals surface area contributed by atoms with E-state index < -0.39 is 11.9 Å². The van der Waals surface area contributed by atoms with E-state index in [1.807, 2.05) is 24.3 Å². The van der Waals surface area contributed by atoms with Gasteiger partial charge in [-0.2, -0.15) is 0 Å². The van der Waals surface area contributed by atoms with Crippen molar-refractivity contribution in [3.63, 3.8) is 0 Å². The molecule has 0 bridgehead atoms. The first kappa shape index (κ1) is 17.2. The number of carbonyl (C=O) groups is 2. The lowest BCUT2D eigenvalue weighted by molar-refractivity contribution is -0.112. The molecule has 23 heavy (non-hydrogen) atoms. The van der Waals surface area contributed by atoms with Crippen LogP contribution >= 0.6 is 27.5 Å². The van der Waals surface area contributed by atoms with E-state index in [0.29, 0.717) is 10.6 Å². The second-order valence-electron chi connectivity index (χ2n) is 4.83. The molecule has 0 aliphatic carbocycles. The molecule has 0 spiro atoms. The van der Waals surface area contributed by atoms with Crippen LogP contribution in [-0.2, 0) is 4.79 Å². The van der Waals surface area contributed by atoms with E-state index in [1.54, 1.807) is 13.0 Å². The number of halogens is 2. The third kappa shape index (κ3) is 4.68. The molecule has 0 aromatic heterocycles. The Balaban J connectivity index is 2.23. The van der Waals surface area contributed by atoms with Crippen LogP contribution in [0.4, 0.5) is 5.69 Å². The van der Waals surface area contributed by atoms with Crippen LogP contribution < -0.4 is 5.32 Å². The van der Waals surface area contributed by atoms with E-state index >= 15 is 0 Å². The van der Waals surface area contributed by atoms with E-state index in [2.05, 4.69) is 21.2 Å². The molecule has 2 N–H and O–H groups in total. The van der Waals surface area contributed by atoms with E-state index in [1.165, 1.54) is 18.2 Å². The Kier molecular flexibility index (Phi) is 5.58. The number of benzene rings is 2. The van der Waals surface area contributed by atoms with Crippen molar-refractivity contribution in [1.29, 1.82) is 0 Å². The molecule has 2 rings (SSSR count). The lowest BCUT2D eigenvalue weighted by atomic mass is 10.1. The Hall–Kier alpha value is -2.11. The summed E-state index contributed by atoms with van der Waals surface area (Å²) in [6.07, 6.45) is 1.72. The van der Waals surface area contributed by atoms with Gasteiger partial charge >= 0.3 is 5.97 Å². The van der Waals surface area contributed by atoms with Crippen molar-refractivity contribution in [3.05, 3.63) is 68.7 Å². The number of nitrogens with one attached hydrogen (secondary N) is 1. The summed E-state index contributed by atoms with van der Waals surface area (Å²) in [6.45, 7) is 1.66. The van der Waals surface area contributed by atoms with Crippen LogP contribution in [0.5, 0.6) is 0 Å². The zero-order valence-electron chi connectivity index (χ0n) is 12.1. The molecule has 0 heterocycles. The second kappa shape index (κ2) is 7.44. The van der Waals surface area contributed by atoms with Gasteiger partial charge in [0.05, 0.1) is 11.3 Å². The Morgan fingerprint density at radius 3 is 2.43 bits per heavy atom. The SMILES string of the molecule is CC(=Cc1ccc(Br)cc1)C(=O)Nc1cc(Cl)ccc1C(=O)O. The number of anilines is 1. The molecule has 0 aliphatic heterocycles. The predicted molar refractivity (Wildman–Crippen MR) is 94.8 cm³/mol. The molecule has 0 aliphatic rings. The first-order chi connectivity index (χ1) is 10.9. The summed E-state index contributed by atoms with van der Waals surface area (Å²) in [5.74, 6) is -1.52. The summed E-state index contributed by atoms with van der Waals surface area (Å²) >= 11 is 9.21. The fraction of sp³-hybridized carbons (Fsp3) is 0.0588. The zero-order valence-corrected chi connectivity index (χ0v) is 14.5. The Morgan fingerprint density at radius 2 is 1.83 bits per heavy atom. The van der Waals surface area contributed by atoms with Gasteiger partial charge in [0, 0.05) is 15.1 Å². The zero-order chi connectivity index (χ0) is 17.0. The smallest absolute Gasteiger partial charge is 0.337 e. The molecule has 118 valence electrons. The lowest BCUT2D eigenvalue weighted by Gasteiger charge is -2.09. The molecular formula is C17H13BrClNO3. The number of carboxylic acids is 1. The van der Waals surface area contributed by atoms with Crippen molar-refractivity contribution < 1.29 is 14.7 Å². The molecule has 0 saturated heterocycles. The topological polar surface area (TPSA) is 66.4 Å². The van der Waals surface area contributed by atoms with Crippen molar-refractivity contribution >= 4 is 51.2 Å². The van der Waals surface area contributed by atoms with Crippen LogP contribution in [0.3, 0.4) is 0 Å². The molecule has 0 radical (unpaired) electrons. The highest BCUT2D eigenvalue weighted by Gasteiger charge is 2.14. The van der Waals surface area contributed by atoms with E-state index in [-0.39, 0.29) is 11.3 Å². The molecule has 4 nitrogen and oxygen atoms in total. The number of amides is 1. The fourth-order valence-electron chi connectivity index (χ4n) is 1.90. The average Bonchev–Trinajstić information content (AvgIpc) is 2.49. The molecule has 2 aromatic rings. The maximum Gasteiger partial charge on any atom is 0.337 e. The summed E-state index contributed by atoms with van der Waals surface area (Å²) in [5.41, 5.74) is 1.46. The van der Waals surface area contributed by atoms with Crippen LogP contribution in [-0.4, -0.2) is 17.0 Å². The quantitative estimate of drug-likeness (QED) is 0.729. The van der Waals surface area contributed by atoms with Gasteiger partial charge in [0.1, 0.15) is 0 Å². The summed E-state index contributed by atoms with van der Waals surface area (Å²) in [4.78, 5) is 23.4. The van der Waals surface area contributed by atoms with Crippen LogP contribution in [0.2, 0.25) is 5.02 Å². The van der Waals surface area contributed by atoms with Gasteiger partial charge < -0.3 is 10.4 Å². The monoisotopic (exact) mass is 393 g/mol. The maximum absolute atomic E-state index is 12.2. The number of carboxylic acid groups (broad SMARTS) is 1. The number of hydrogen-bond donors (Lipinski definition) is 2. The minimum Gasteiger partial charge on any atom is -0.478 e. The van der Waals surface area contributed by atoms with Gasteiger partial charge in [-0.05, 0) is 48.9 Å². The van der Waals surface area contributed by atoms with E-state index in [9.17, 15) is 9.59 Å². The Morgan fingerprint density at radius 1 is 1.17 bits per heavy atom. The molecule has 0 unspecified atom stereocenters. The van der Waals surface area contributed by atoms with Crippen molar-refractivity contribution in [3.8, 4) is 0 Å². The van der Waals surface area contributed by atoms with Gasteiger partial charge in [-0.3, -0.25) is 4.79 Å². The highest BCUT2D eigenvalue weighted by atomic mass is 79.9. The van der Waals surface area contributed by atoms with Crippen LogP contribution in [0.1, 0.15) is 22.8 Å². The van der Waals surface area contributed by atoms with Crippen LogP contribution in [0, 0.1) is 0 Å². The first-order valence-corrected chi connectivity index (χ1v) is 7.82. The second-order valence-corrected chi connectivity index (χ2v) is 6.18. The van der Waals surface area contributed by atoms with Gasteiger partial charge in [0.25, 0.3) is 5.91 Å². The van der Waals surface area contributed by atoms with E-state index in [0.717, 1.165) is 10.0 Å². The van der Waals surface area contributed by atoms with Gasteiger partial charge in [-0.1, -0.05) is 39.7 Å². The fourth-order valence-corrected chi connectivity index (χ4v) is 2.34. The summed E-state index contributed by atoms with van der Waals surface area (Å²) < 4.78 is 0.946. The normalized spacial score (nSPS) is 11.2. The number of carbonyl (C=O) groups excluding carboxylic acids is 1. The average molecular weight is 395 g/mol. The number of rotatable bonds is 4. The molecular weight excluding hydrogens is 382 g/mol. The highest BCUT2D eigenvalue weighted by Crippen LogP contribution is 2.22. The van der Waals surface area contributed by atoms with Gasteiger partial charge in [-0.15, -0.1) is 0 Å². The lowest BCUT2D eigenvalue weighted by Crippen LogP contribution is -2.15. The van der Waals surface area contributed by atoms with Crippen molar-refractivity contribution in [2.24, 2.45) is 0 Å². The minimum atomic E-state index is -1.13. The molecule has 0 fully saturated rings. The summed E-state index contributed by atoms with van der Waals surface area (Å²) in [7, 11) is 0. The first-order valence-electron chi connectivity index (χ1n) is 6.65. The predicted octanol–water partition coefficient (Wildman–Crippen LogP) is 4.84. The van der Waals surface area contributed by atoms with Crippen LogP contribution in [0.15, 0.2) is 52.5 Å². The van der Waals surface area contributed by atoms with Gasteiger partial charge in [0.15, 0.2) is 0 Å². The molecule has 2 aromatic carbocycles. The van der Waals surface area contributed by atoms with Gasteiger partial charge in [0.2, 0.25) is 0 Å². The standard InChI is InChI=1S/C17H13BrClNO3/c1-10(8-11-2-4-12(18)5-3-11)16(21)20-15-9-13(19)6-7-14(15)17(22)23/h2-9H,1H3,(H,20,21)(H,22,23). The minimum absolute atomic E-state index is 0.0146.